The molecule has 2 heterocycles. The lowest BCUT2D eigenvalue weighted by atomic mass is 9.92. The van der Waals surface area contributed by atoms with Gasteiger partial charge in [0.2, 0.25) is 11.8 Å². The predicted molar refractivity (Wildman–Crippen MR) is 113 cm³/mol. The molecule has 1 aliphatic heterocycles. The van der Waals surface area contributed by atoms with E-state index in [1.165, 1.54) is 4.88 Å². The second-order valence-electron chi connectivity index (χ2n) is 8.30. The summed E-state index contributed by atoms with van der Waals surface area (Å²) in [6.45, 7) is 10.4. The summed E-state index contributed by atoms with van der Waals surface area (Å²) in [5.41, 5.74) is 4.53. The van der Waals surface area contributed by atoms with Crippen LogP contribution in [0.2, 0.25) is 0 Å². The molecule has 0 radical (unpaired) electrons. The van der Waals surface area contributed by atoms with Crippen molar-refractivity contribution < 1.29 is 9.59 Å². The SMILES string of the molecule is Cc1ncsc1-c1ccc(C(C)(C)NC(=O)C2CCCN2C(=O)C(C)C)cc1. The molecule has 6 heteroatoms. The Labute approximate surface area is 171 Å². The molecule has 1 unspecified atom stereocenters. The highest BCUT2D eigenvalue weighted by Gasteiger charge is 2.37. The molecule has 0 saturated carbocycles. The van der Waals surface area contributed by atoms with E-state index in [0.717, 1.165) is 29.7 Å². The molecule has 5 nitrogen and oxygen atoms in total. The van der Waals surface area contributed by atoms with E-state index >= 15 is 0 Å². The van der Waals surface area contributed by atoms with Crippen LogP contribution < -0.4 is 5.32 Å². The van der Waals surface area contributed by atoms with Crippen LogP contribution >= 0.6 is 11.3 Å². The minimum absolute atomic E-state index is 0.0553. The fourth-order valence-corrected chi connectivity index (χ4v) is 4.53. The molecule has 1 fully saturated rings. The van der Waals surface area contributed by atoms with Gasteiger partial charge in [0.25, 0.3) is 0 Å². The van der Waals surface area contributed by atoms with Crippen LogP contribution in [0.1, 0.15) is 51.8 Å². The zero-order valence-corrected chi connectivity index (χ0v) is 18.1. The third-order valence-electron chi connectivity index (χ3n) is 5.38. The van der Waals surface area contributed by atoms with Gasteiger partial charge in [-0.15, -0.1) is 11.3 Å². The van der Waals surface area contributed by atoms with Gasteiger partial charge in [0.1, 0.15) is 6.04 Å². The Morgan fingerprint density at radius 1 is 1.25 bits per heavy atom. The molecule has 150 valence electrons. The Kier molecular flexibility index (Phi) is 5.89. The number of likely N-dealkylation sites (tertiary alicyclic amines) is 1. The quantitative estimate of drug-likeness (QED) is 0.823. The van der Waals surface area contributed by atoms with Crippen molar-refractivity contribution in [3.05, 3.63) is 41.0 Å². The van der Waals surface area contributed by atoms with E-state index in [4.69, 9.17) is 0 Å². The largest absolute Gasteiger partial charge is 0.345 e. The average molecular weight is 400 g/mol. The van der Waals surface area contributed by atoms with Gasteiger partial charge < -0.3 is 10.2 Å². The Hall–Kier alpha value is -2.21. The minimum Gasteiger partial charge on any atom is -0.345 e. The lowest BCUT2D eigenvalue weighted by Gasteiger charge is -2.32. The van der Waals surface area contributed by atoms with Gasteiger partial charge in [-0.3, -0.25) is 9.59 Å². The van der Waals surface area contributed by atoms with Crippen LogP contribution in [0.3, 0.4) is 0 Å². The van der Waals surface area contributed by atoms with Crippen molar-refractivity contribution in [1.29, 1.82) is 0 Å². The summed E-state index contributed by atoms with van der Waals surface area (Å²) in [6.07, 6.45) is 1.60. The van der Waals surface area contributed by atoms with Crippen molar-refractivity contribution in [1.82, 2.24) is 15.2 Å². The topological polar surface area (TPSA) is 62.3 Å². The number of thiazole rings is 1. The monoisotopic (exact) mass is 399 g/mol. The van der Waals surface area contributed by atoms with E-state index in [0.29, 0.717) is 6.54 Å². The molecular formula is C22H29N3O2S. The second-order valence-corrected chi connectivity index (χ2v) is 9.16. The number of nitrogens with zero attached hydrogens (tertiary/aromatic N) is 2. The number of benzene rings is 1. The van der Waals surface area contributed by atoms with Crippen molar-refractivity contribution in [3.63, 3.8) is 0 Å². The van der Waals surface area contributed by atoms with Crippen LogP contribution in [-0.4, -0.2) is 34.3 Å². The minimum atomic E-state index is -0.520. The van der Waals surface area contributed by atoms with Crippen molar-refractivity contribution in [3.8, 4) is 10.4 Å². The Bertz CT molecular complexity index is 855. The van der Waals surface area contributed by atoms with Gasteiger partial charge in [0.05, 0.1) is 21.6 Å². The lowest BCUT2D eigenvalue weighted by molar-refractivity contribution is -0.141. The predicted octanol–water partition coefficient (Wildman–Crippen LogP) is 4.12. The number of nitrogens with one attached hydrogen (secondary N) is 1. The molecule has 1 aliphatic rings. The van der Waals surface area contributed by atoms with Gasteiger partial charge in [-0.25, -0.2) is 4.98 Å². The third kappa shape index (κ3) is 4.12. The van der Waals surface area contributed by atoms with Gasteiger partial charge >= 0.3 is 0 Å². The summed E-state index contributed by atoms with van der Waals surface area (Å²) < 4.78 is 0. The number of aryl methyl sites for hydroxylation is 1. The molecular weight excluding hydrogens is 370 g/mol. The van der Waals surface area contributed by atoms with Crippen molar-refractivity contribution in [2.45, 2.75) is 59.0 Å². The second kappa shape index (κ2) is 8.03. The smallest absolute Gasteiger partial charge is 0.243 e. The van der Waals surface area contributed by atoms with Gasteiger partial charge in [-0.1, -0.05) is 38.1 Å². The molecule has 1 saturated heterocycles. The fraction of sp³-hybridized carbons (Fsp3) is 0.500. The Morgan fingerprint density at radius 3 is 2.50 bits per heavy atom. The highest BCUT2D eigenvalue weighted by atomic mass is 32.1. The fourth-order valence-electron chi connectivity index (χ4n) is 3.72. The molecule has 0 aliphatic carbocycles. The number of hydrogen-bond donors (Lipinski definition) is 1. The van der Waals surface area contributed by atoms with E-state index in [1.54, 1.807) is 16.2 Å². The van der Waals surface area contributed by atoms with E-state index < -0.39 is 5.54 Å². The number of carbonyl (C=O) groups excluding carboxylic acids is 2. The highest BCUT2D eigenvalue weighted by molar-refractivity contribution is 7.13. The molecule has 0 bridgehead atoms. The summed E-state index contributed by atoms with van der Waals surface area (Å²) in [5, 5.41) is 3.16. The lowest BCUT2D eigenvalue weighted by Crippen LogP contribution is -2.51. The molecule has 1 N–H and O–H groups in total. The number of carbonyl (C=O) groups is 2. The molecule has 28 heavy (non-hydrogen) atoms. The average Bonchev–Trinajstić information content (AvgIpc) is 3.29. The van der Waals surface area contributed by atoms with Crippen LogP contribution in [0.15, 0.2) is 29.8 Å². The molecule has 1 aromatic carbocycles. The molecule has 1 atom stereocenters. The van der Waals surface area contributed by atoms with Crippen LogP contribution in [0.4, 0.5) is 0 Å². The van der Waals surface area contributed by atoms with E-state index in [1.807, 2.05) is 40.1 Å². The van der Waals surface area contributed by atoms with Crippen LogP contribution in [-0.2, 0) is 15.1 Å². The zero-order valence-electron chi connectivity index (χ0n) is 17.3. The number of hydrogen-bond acceptors (Lipinski definition) is 4. The first-order valence-corrected chi connectivity index (χ1v) is 10.7. The molecule has 3 rings (SSSR count). The normalized spacial score (nSPS) is 17.2. The summed E-state index contributed by atoms with van der Waals surface area (Å²) in [4.78, 5) is 32.6. The van der Waals surface area contributed by atoms with Crippen LogP contribution in [0, 0.1) is 12.8 Å². The van der Waals surface area contributed by atoms with E-state index in [2.05, 4.69) is 34.6 Å². The summed E-state index contributed by atoms with van der Waals surface area (Å²) in [5.74, 6) is -0.109. The number of aromatic nitrogens is 1. The Balaban J connectivity index is 1.73. The number of rotatable bonds is 5. The van der Waals surface area contributed by atoms with Gasteiger partial charge in [0.15, 0.2) is 0 Å². The summed E-state index contributed by atoms with van der Waals surface area (Å²) >= 11 is 1.63. The van der Waals surface area contributed by atoms with Crippen molar-refractivity contribution in [2.75, 3.05) is 6.54 Å². The molecule has 0 spiro atoms. The maximum atomic E-state index is 13.0. The first-order valence-electron chi connectivity index (χ1n) is 9.84. The molecule has 2 amide bonds. The molecule has 1 aromatic heterocycles. The van der Waals surface area contributed by atoms with Crippen LogP contribution in [0.25, 0.3) is 10.4 Å². The summed E-state index contributed by atoms with van der Waals surface area (Å²) in [7, 11) is 0. The summed E-state index contributed by atoms with van der Waals surface area (Å²) in [6, 6.07) is 7.90. The highest BCUT2D eigenvalue weighted by Crippen LogP contribution is 2.30. The van der Waals surface area contributed by atoms with Crippen LogP contribution in [0.5, 0.6) is 0 Å². The molecule has 2 aromatic rings. The van der Waals surface area contributed by atoms with Crippen molar-refractivity contribution >= 4 is 23.2 Å². The maximum absolute atomic E-state index is 13.0. The third-order valence-corrected chi connectivity index (χ3v) is 6.36. The van der Waals surface area contributed by atoms with Crippen molar-refractivity contribution in [2.24, 2.45) is 5.92 Å². The maximum Gasteiger partial charge on any atom is 0.243 e. The Morgan fingerprint density at radius 2 is 1.93 bits per heavy atom. The zero-order chi connectivity index (χ0) is 20.5. The number of amides is 2. The van der Waals surface area contributed by atoms with E-state index in [9.17, 15) is 9.59 Å². The first-order chi connectivity index (χ1) is 13.2. The van der Waals surface area contributed by atoms with Gasteiger partial charge in [-0.2, -0.15) is 0 Å². The van der Waals surface area contributed by atoms with E-state index in [-0.39, 0.29) is 23.8 Å². The first kappa shape index (κ1) is 20.5. The standard InChI is InChI=1S/C22H29N3O2S/c1-14(2)21(27)25-12-6-7-18(25)20(26)24-22(4,5)17-10-8-16(9-11-17)19-15(3)23-13-28-19/h8-11,13-14,18H,6-7,12H2,1-5H3,(H,24,26). The van der Waals surface area contributed by atoms with Gasteiger partial charge in [0, 0.05) is 12.5 Å². The van der Waals surface area contributed by atoms with Gasteiger partial charge in [-0.05, 0) is 44.7 Å².